The largest absolute Gasteiger partial charge is 0.349 e. The Hall–Kier alpha value is -2.15. The number of rotatable bonds is 5. The Labute approximate surface area is 151 Å². The quantitative estimate of drug-likeness (QED) is 0.891. The molecule has 1 aliphatic rings. The molecule has 2 aromatic heterocycles. The van der Waals surface area contributed by atoms with E-state index in [0.717, 1.165) is 39.9 Å². The first-order valence-electron chi connectivity index (χ1n) is 8.73. The molecule has 6 nitrogen and oxygen atoms in total. The monoisotopic (exact) mass is 360 g/mol. The van der Waals surface area contributed by atoms with E-state index in [1.54, 1.807) is 0 Å². The lowest BCUT2D eigenvalue weighted by atomic mass is 10.1. The highest BCUT2D eigenvalue weighted by Gasteiger charge is 2.27. The third-order valence-corrected chi connectivity index (χ3v) is 5.50. The molecule has 0 aliphatic carbocycles. The highest BCUT2D eigenvalue weighted by atomic mass is 32.1. The van der Waals surface area contributed by atoms with Crippen molar-refractivity contribution >= 4 is 23.2 Å². The predicted octanol–water partition coefficient (Wildman–Crippen LogP) is 2.50. The molecule has 0 saturated heterocycles. The van der Waals surface area contributed by atoms with Crippen LogP contribution < -0.4 is 5.32 Å². The van der Waals surface area contributed by atoms with Gasteiger partial charge in [0, 0.05) is 30.8 Å². The van der Waals surface area contributed by atoms with Gasteiger partial charge >= 0.3 is 0 Å². The Morgan fingerprint density at radius 3 is 2.76 bits per heavy atom. The molecule has 0 spiro atoms. The Kier molecular flexibility index (Phi) is 5.22. The number of carbonyl (C=O) groups is 2. The van der Waals surface area contributed by atoms with Crippen molar-refractivity contribution < 1.29 is 9.59 Å². The third-order valence-electron chi connectivity index (χ3n) is 4.51. The minimum atomic E-state index is 0.0218. The fourth-order valence-corrected chi connectivity index (χ4v) is 3.99. The minimum Gasteiger partial charge on any atom is -0.349 e. The van der Waals surface area contributed by atoms with Gasteiger partial charge in [0.2, 0.25) is 5.91 Å². The number of carbonyl (C=O) groups excluding carboxylic acids is 2. The highest BCUT2D eigenvalue weighted by Crippen LogP contribution is 2.24. The molecule has 3 heterocycles. The molecule has 1 N–H and O–H groups in total. The Balaban J connectivity index is 1.79. The SMILES string of the molecule is CCC(=O)NCc1nc2c(n1CC)CN(C(=O)c1ccc(C)s1)CC2. The average molecular weight is 360 g/mol. The summed E-state index contributed by atoms with van der Waals surface area (Å²) in [5, 5.41) is 2.89. The van der Waals surface area contributed by atoms with E-state index in [1.165, 1.54) is 11.3 Å². The first-order valence-corrected chi connectivity index (χ1v) is 9.54. The number of aryl methyl sites for hydroxylation is 1. The van der Waals surface area contributed by atoms with Gasteiger partial charge in [-0.2, -0.15) is 0 Å². The van der Waals surface area contributed by atoms with Crippen LogP contribution in [0.15, 0.2) is 12.1 Å². The topological polar surface area (TPSA) is 67.2 Å². The summed E-state index contributed by atoms with van der Waals surface area (Å²) in [7, 11) is 0. The molecule has 7 heteroatoms. The van der Waals surface area contributed by atoms with Crippen LogP contribution in [-0.2, 0) is 30.8 Å². The fraction of sp³-hybridized carbons (Fsp3) is 0.500. The zero-order chi connectivity index (χ0) is 18.0. The Morgan fingerprint density at radius 2 is 2.12 bits per heavy atom. The molecule has 25 heavy (non-hydrogen) atoms. The molecule has 0 unspecified atom stereocenters. The van der Waals surface area contributed by atoms with E-state index in [2.05, 4.69) is 16.8 Å². The Bertz CT molecular complexity index is 793. The van der Waals surface area contributed by atoms with Crippen LogP contribution >= 0.6 is 11.3 Å². The van der Waals surface area contributed by atoms with E-state index >= 15 is 0 Å². The molecular weight excluding hydrogens is 336 g/mol. The molecule has 0 radical (unpaired) electrons. The van der Waals surface area contributed by atoms with Crippen molar-refractivity contribution in [3.63, 3.8) is 0 Å². The summed E-state index contributed by atoms with van der Waals surface area (Å²) in [4.78, 5) is 32.8. The first-order chi connectivity index (χ1) is 12.0. The number of thiophene rings is 1. The van der Waals surface area contributed by atoms with Gasteiger partial charge in [-0.3, -0.25) is 9.59 Å². The van der Waals surface area contributed by atoms with Crippen LogP contribution in [0.5, 0.6) is 0 Å². The van der Waals surface area contributed by atoms with Crippen molar-refractivity contribution in [2.45, 2.75) is 53.2 Å². The molecule has 0 atom stereocenters. The number of hydrogen-bond acceptors (Lipinski definition) is 4. The van der Waals surface area contributed by atoms with Crippen molar-refractivity contribution in [3.05, 3.63) is 39.1 Å². The molecule has 134 valence electrons. The van der Waals surface area contributed by atoms with E-state index in [-0.39, 0.29) is 11.8 Å². The maximum Gasteiger partial charge on any atom is 0.264 e. The zero-order valence-corrected chi connectivity index (χ0v) is 15.8. The van der Waals surface area contributed by atoms with E-state index in [9.17, 15) is 9.59 Å². The third kappa shape index (κ3) is 3.61. The number of aromatic nitrogens is 2. The first kappa shape index (κ1) is 17.7. The van der Waals surface area contributed by atoms with Gasteiger partial charge in [0.15, 0.2) is 0 Å². The van der Waals surface area contributed by atoms with Gasteiger partial charge in [-0.15, -0.1) is 11.3 Å². The summed E-state index contributed by atoms with van der Waals surface area (Å²) in [6, 6.07) is 3.89. The summed E-state index contributed by atoms with van der Waals surface area (Å²) in [6.45, 7) is 8.39. The molecule has 0 bridgehead atoms. The standard InChI is InChI=1S/C18H24N4O2S/c1-4-17(23)19-10-16-20-13-8-9-21(11-14(13)22(16)5-2)18(24)15-7-6-12(3)25-15/h6-7H,4-5,8-11H2,1-3H3,(H,19,23). The number of fused-ring (bicyclic) bond motifs is 1. The second-order valence-electron chi connectivity index (χ2n) is 6.18. The zero-order valence-electron chi connectivity index (χ0n) is 15.0. The van der Waals surface area contributed by atoms with E-state index in [1.807, 2.05) is 30.9 Å². The lowest BCUT2D eigenvalue weighted by Crippen LogP contribution is -2.36. The van der Waals surface area contributed by atoms with Crippen LogP contribution in [-0.4, -0.2) is 32.8 Å². The average Bonchev–Trinajstić information content (AvgIpc) is 3.21. The lowest BCUT2D eigenvalue weighted by molar-refractivity contribution is -0.120. The maximum atomic E-state index is 12.7. The van der Waals surface area contributed by atoms with Crippen LogP contribution in [0, 0.1) is 6.92 Å². The van der Waals surface area contributed by atoms with Gasteiger partial charge in [-0.1, -0.05) is 6.92 Å². The number of imidazole rings is 1. The molecule has 0 aromatic carbocycles. The van der Waals surface area contributed by atoms with Crippen molar-refractivity contribution in [2.75, 3.05) is 6.54 Å². The maximum absolute atomic E-state index is 12.7. The highest BCUT2D eigenvalue weighted by molar-refractivity contribution is 7.13. The molecule has 2 amide bonds. The smallest absolute Gasteiger partial charge is 0.264 e. The normalized spacial score (nSPS) is 13.6. The van der Waals surface area contributed by atoms with E-state index in [0.29, 0.717) is 26.1 Å². The summed E-state index contributed by atoms with van der Waals surface area (Å²) >= 11 is 1.54. The molecular formula is C18H24N4O2S. The van der Waals surface area contributed by atoms with Crippen molar-refractivity contribution in [1.82, 2.24) is 19.8 Å². The number of nitrogens with one attached hydrogen (secondary N) is 1. The molecule has 1 aliphatic heterocycles. The summed E-state index contributed by atoms with van der Waals surface area (Å²) in [5.41, 5.74) is 2.14. The van der Waals surface area contributed by atoms with Crippen LogP contribution in [0.25, 0.3) is 0 Å². The second-order valence-corrected chi connectivity index (χ2v) is 7.47. The van der Waals surface area contributed by atoms with E-state index < -0.39 is 0 Å². The number of nitrogens with zero attached hydrogens (tertiary/aromatic N) is 3. The van der Waals surface area contributed by atoms with Crippen molar-refractivity contribution in [1.29, 1.82) is 0 Å². The van der Waals surface area contributed by atoms with Crippen LogP contribution in [0.2, 0.25) is 0 Å². The lowest BCUT2D eigenvalue weighted by Gasteiger charge is -2.27. The van der Waals surface area contributed by atoms with Gasteiger partial charge in [-0.05, 0) is 26.0 Å². The van der Waals surface area contributed by atoms with Crippen LogP contribution in [0.4, 0.5) is 0 Å². The van der Waals surface area contributed by atoms with Crippen LogP contribution in [0.3, 0.4) is 0 Å². The van der Waals surface area contributed by atoms with E-state index in [4.69, 9.17) is 4.98 Å². The van der Waals surface area contributed by atoms with Crippen molar-refractivity contribution in [3.8, 4) is 0 Å². The number of amides is 2. The summed E-state index contributed by atoms with van der Waals surface area (Å²) in [5.74, 6) is 0.984. The van der Waals surface area contributed by atoms with Gasteiger partial charge in [0.25, 0.3) is 5.91 Å². The fourth-order valence-electron chi connectivity index (χ4n) is 3.16. The van der Waals surface area contributed by atoms with Crippen LogP contribution in [0.1, 0.15) is 52.0 Å². The van der Waals surface area contributed by atoms with Crippen molar-refractivity contribution in [2.24, 2.45) is 0 Å². The van der Waals surface area contributed by atoms with Gasteiger partial charge in [0.1, 0.15) is 5.82 Å². The molecule has 0 saturated carbocycles. The summed E-state index contributed by atoms with van der Waals surface area (Å²) < 4.78 is 2.13. The molecule has 2 aromatic rings. The Morgan fingerprint density at radius 1 is 1.32 bits per heavy atom. The molecule has 0 fully saturated rings. The predicted molar refractivity (Wildman–Crippen MR) is 97.5 cm³/mol. The van der Waals surface area contributed by atoms with Gasteiger partial charge < -0.3 is 14.8 Å². The van der Waals surface area contributed by atoms with Gasteiger partial charge in [0.05, 0.1) is 29.4 Å². The molecule has 3 rings (SSSR count). The second kappa shape index (κ2) is 7.39. The summed E-state index contributed by atoms with van der Waals surface area (Å²) in [6.07, 6.45) is 1.22. The van der Waals surface area contributed by atoms with Gasteiger partial charge in [-0.25, -0.2) is 4.98 Å². The number of hydrogen-bond donors (Lipinski definition) is 1. The minimum absolute atomic E-state index is 0.0218.